The summed E-state index contributed by atoms with van der Waals surface area (Å²) < 4.78 is 7.76. The Morgan fingerprint density at radius 2 is 1.79 bits per heavy atom. The Labute approximate surface area is 168 Å². The summed E-state index contributed by atoms with van der Waals surface area (Å²) in [6.45, 7) is 12.8. The number of aromatic nitrogens is 3. The lowest BCUT2D eigenvalue weighted by Crippen LogP contribution is -2.27. The Morgan fingerprint density at radius 1 is 1.07 bits per heavy atom. The van der Waals surface area contributed by atoms with Crippen molar-refractivity contribution in [2.75, 3.05) is 25.1 Å². The van der Waals surface area contributed by atoms with Crippen molar-refractivity contribution in [1.82, 2.24) is 14.6 Å². The second-order valence-corrected chi connectivity index (χ2v) is 7.36. The van der Waals surface area contributed by atoms with Crippen LogP contribution in [-0.2, 0) is 6.42 Å². The van der Waals surface area contributed by atoms with E-state index in [0.717, 1.165) is 66.4 Å². The fraction of sp³-hybridized carbons (Fsp3) is 0.478. The maximum atomic E-state index is 5.73. The third-order valence-corrected chi connectivity index (χ3v) is 5.12. The Bertz CT molecular complexity index is 955. The van der Waals surface area contributed by atoms with Crippen LogP contribution in [0.4, 0.5) is 5.82 Å². The van der Waals surface area contributed by atoms with E-state index in [1.54, 1.807) is 7.11 Å². The molecule has 150 valence electrons. The van der Waals surface area contributed by atoms with Gasteiger partial charge in [-0.15, -0.1) is 0 Å². The maximum absolute atomic E-state index is 5.73. The third kappa shape index (κ3) is 3.58. The van der Waals surface area contributed by atoms with Crippen molar-refractivity contribution in [2.24, 2.45) is 0 Å². The van der Waals surface area contributed by atoms with Crippen molar-refractivity contribution < 1.29 is 4.74 Å². The Morgan fingerprint density at radius 3 is 2.39 bits per heavy atom. The summed E-state index contributed by atoms with van der Waals surface area (Å²) in [5.41, 5.74) is 6.54. The zero-order chi connectivity index (χ0) is 20.3. The molecule has 5 heteroatoms. The fourth-order valence-electron chi connectivity index (χ4n) is 4.03. The summed E-state index contributed by atoms with van der Waals surface area (Å²) in [6.07, 6.45) is 4.95. The summed E-state index contributed by atoms with van der Waals surface area (Å²) in [6, 6.07) is 6.33. The Hall–Kier alpha value is -2.56. The first-order valence-corrected chi connectivity index (χ1v) is 10.3. The van der Waals surface area contributed by atoms with Gasteiger partial charge >= 0.3 is 0 Å². The highest BCUT2D eigenvalue weighted by molar-refractivity contribution is 5.85. The van der Waals surface area contributed by atoms with Crippen molar-refractivity contribution >= 4 is 11.5 Å². The van der Waals surface area contributed by atoms with Gasteiger partial charge in [0.05, 0.1) is 12.8 Å². The van der Waals surface area contributed by atoms with Crippen molar-refractivity contribution in [2.45, 2.75) is 53.9 Å². The smallest absolute Gasteiger partial charge is 0.164 e. The summed E-state index contributed by atoms with van der Waals surface area (Å²) >= 11 is 0. The highest BCUT2D eigenvalue weighted by atomic mass is 16.5. The van der Waals surface area contributed by atoms with E-state index in [1.165, 1.54) is 11.1 Å². The van der Waals surface area contributed by atoms with Gasteiger partial charge in [-0.3, -0.25) is 0 Å². The average Bonchev–Trinajstić information content (AvgIpc) is 3.06. The van der Waals surface area contributed by atoms with Gasteiger partial charge in [-0.05, 0) is 56.4 Å². The molecule has 0 aliphatic carbocycles. The molecule has 0 atom stereocenters. The topological polar surface area (TPSA) is 42.7 Å². The van der Waals surface area contributed by atoms with Gasteiger partial charge in [0.2, 0.25) is 0 Å². The number of ether oxygens (including phenoxy) is 1. The highest BCUT2D eigenvalue weighted by Crippen LogP contribution is 2.37. The largest absolute Gasteiger partial charge is 0.496 e. The van der Waals surface area contributed by atoms with Crippen molar-refractivity contribution in [1.29, 1.82) is 0 Å². The molecule has 3 aromatic rings. The molecule has 1 aromatic carbocycles. The lowest BCUT2D eigenvalue weighted by atomic mass is 9.98. The van der Waals surface area contributed by atoms with Gasteiger partial charge in [0.1, 0.15) is 5.75 Å². The number of hydrogen-bond acceptors (Lipinski definition) is 4. The lowest BCUT2D eigenvalue weighted by molar-refractivity contribution is 0.416. The molecule has 0 N–H and O–H groups in total. The second-order valence-electron chi connectivity index (χ2n) is 7.36. The van der Waals surface area contributed by atoms with Crippen molar-refractivity contribution in [3.8, 4) is 16.9 Å². The van der Waals surface area contributed by atoms with Gasteiger partial charge in [0.15, 0.2) is 11.5 Å². The van der Waals surface area contributed by atoms with Gasteiger partial charge in [0.25, 0.3) is 0 Å². The molecule has 28 heavy (non-hydrogen) atoms. The first-order chi connectivity index (χ1) is 13.5. The molecule has 0 saturated carbocycles. The molecule has 3 rings (SSSR count). The Kier molecular flexibility index (Phi) is 6.22. The normalized spacial score (nSPS) is 11.2. The summed E-state index contributed by atoms with van der Waals surface area (Å²) in [5.74, 6) is 2.01. The molecule has 0 fully saturated rings. The number of hydrogen-bond donors (Lipinski definition) is 0. The summed E-state index contributed by atoms with van der Waals surface area (Å²) in [5, 5.41) is 4.70. The van der Waals surface area contributed by atoms with Gasteiger partial charge < -0.3 is 9.64 Å². The molecular formula is C23H32N4O. The number of methoxy groups -OCH3 is 1. The van der Waals surface area contributed by atoms with Gasteiger partial charge in [-0.25, -0.2) is 4.98 Å². The van der Waals surface area contributed by atoms with E-state index in [9.17, 15) is 0 Å². The maximum Gasteiger partial charge on any atom is 0.164 e. The Balaban J connectivity index is 2.29. The van der Waals surface area contributed by atoms with Crippen molar-refractivity contribution in [3.05, 3.63) is 41.2 Å². The number of nitrogens with zero attached hydrogens (tertiary/aromatic N) is 4. The number of fused-ring (bicyclic) bond motifs is 1. The number of rotatable bonds is 8. The van der Waals surface area contributed by atoms with Crippen LogP contribution in [0.5, 0.6) is 5.75 Å². The third-order valence-electron chi connectivity index (χ3n) is 5.12. The van der Waals surface area contributed by atoms with E-state index in [2.05, 4.69) is 57.7 Å². The van der Waals surface area contributed by atoms with E-state index >= 15 is 0 Å². The van der Waals surface area contributed by atoms with Crippen LogP contribution in [0.2, 0.25) is 0 Å². The van der Waals surface area contributed by atoms with Crippen LogP contribution in [-0.4, -0.2) is 34.8 Å². The van der Waals surface area contributed by atoms with E-state index in [1.807, 2.05) is 10.7 Å². The van der Waals surface area contributed by atoms with E-state index in [4.69, 9.17) is 14.8 Å². The van der Waals surface area contributed by atoms with Crippen LogP contribution in [0.1, 0.15) is 50.4 Å². The van der Waals surface area contributed by atoms with Crippen LogP contribution in [0.3, 0.4) is 0 Å². The molecule has 0 radical (unpaired) electrons. The summed E-state index contributed by atoms with van der Waals surface area (Å²) in [7, 11) is 1.73. The minimum absolute atomic E-state index is 0.881. The lowest BCUT2D eigenvalue weighted by Gasteiger charge is -2.23. The minimum Gasteiger partial charge on any atom is -0.496 e. The fourth-order valence-corrected chi connectivity index (χ4v) is 4.03. The van der Waals surface area contributed by atoms with E-state index < -0.39 is 0 Å². The molecule has 5 nitrogen and oxygen atoms in total. The number of aryl methyl sites for hydroxylation is 3. The van der Waals surface area contributed by atoms with Crippen LogP contribution in [0.25, 0.3) is 16.8 Å². The number of imidazole rings is 1. The molecule has 0 bridgehead atoms. The quantitative estimate of drug-likeness (QED) is 0.538. The van der Waals surface area contributed by atoms with E-state index in [-0.39, 0.29) is 0 Å². The standard InChI is InChI=1S/C23H32N4O/c1-7-12-26(13-8-2)23-19(9-3)25-22-18(10-11-24-27(22)23)21-17(5)14-16(4)15-20(21)28-6/h10-11,14-15H,7-9,12-13H2,1-6H3. The van der Waals surface area contributed by atoms with Crippen LogP contribution < -0.4 is 9.64 Å². The summed E-state index contributed by atoms with van der Waals surface area (Å²) in [4.78, 5) is 7.46. The predicted molar refractivity (Wildman–Crippen MR) is 117 cm³/mol. The van der Waals surface area contributed by atoms with Gasteiger partial charge in [-0.1, -0.05) is 26.8 Å². The SMILES string of the molecule is CCCN(CCC)c1c(CC)nc2c(-c3c(C)cc(C)cc3OC)ccnn12. The van der Waals surface area contributed by atoms with Gasteiger partial charge in [-0.2, -0.15) is 9.61 Å². The molecular weight excluding hydrogens is 348 g/mol. The zero-order valence-electron chi connectivity index (χ0n) is 18.0. The second kappa shape index (κ2) is 8.63. The molecule has 2 heterocycles. The van der Waals surface area contributed by atoms with Crippen LogP contribution >= 0.6 is 0 Å². The molecule has 0 spiro atoms. The van der Waals surface area contributed by atoms with Crippen LogP contribution in [0.15, 0.2) is 24.4 Å². The molecule has 2 aromatic heterocycles. The molecule has 0 saturated heterocycles. The van der Waals surface area contributed by atoms with E-state index in [0.29, 0.717) is 0 Å². The molecule has 0 aliphatic heterocycles. The molecule has 0 unspecified atom stereocenters. The van der Waals surface area contributed by atoms with Crippen molar-refractivity contribution in [3.63, 3.8) is 0 Å². The number of benzene rings is 1. The average molecular weight is 381 g/mol. The predicted octanol–water partition coefficient (Wildman–Crippen LogP) is 5.21. The number of anilines is 1. The first-order valence-electron chi connectivity index (χ1n) is 10.3. The zero-order valence-corrected chi connectivity index (χ0v) is 18.0. The minimum atomic E-state index is 0.881. The highest BCUT2D eigenvalue weighted by Gasteiger charge is 2.22. The monoisotopic (exact) mass is 380 g/mol. The van der Waals surface area contributed by atoms with Crippen LogP contribution in [0, 0.1) is 13.8 Å². The first kappa shape index (κ1) is 20.2. The molecule has 0 aliphatic rings. The molecule has 0 amide bonds. The van der Waals surface area contributed by atoms with Gasteiger partial charge in [0, 0.05) is 30.4 Å².